The number of halogens is 3. The van der Waals surface area contributed by atoms with Gasteiger partial charge in [-0.3, -0.25) is 9.78 Å². The molecule has 5 nitrogen and oxygen atoms in total. The van der Waals surface area contributed by atoms with Gasteiger partial charge in [-0.05, 0) is 36.1 Å². The number of nitrogens with zero attached hydrogens (tertiary/aromatic N) is 2. The lowest BCUT2D eigenvalue weighted by Crippen LogP contribution is -2.29. The molecule has 0 bridgehead atoms. The Kier molecular flexibility index (Phi) is 4.49. The molecule has 1 fully saturated rings. The highest BCUT2D eigenvalue weighted by atomic mass is 19.3. The molecule has 0 atom stereocenters. The smallest absolute Gasteiger partial charge is 0.255 e. The zero-order valence-electron chi connectivity index (χ0n) is 15.5. The Hall–Kier alpha value is -3.42. The zero-order valence-corrected chi connectivity index (χ0v) is 15.5. The van der Waals surface area contributed by atoms with Crippen molar-refractivity contribution in [3.63, 3.8) is 0 Å². The molecule has 4 rings (SSSR count). The summed E-state index contributed by atoms with van der Waals surface area (Å²) < 4.78 is 40.6. The number of aryl methyl sites for hydroxylation is 1. The number of allylic oxidation sites excluding steroid dienone is 1. The van der Waals surface area contributed by atoms with Crippen LogP contribution in [0.1, 0.15) is 18.4 Å². The number of anilines is 2. The number of carbonyl (C=O) groups excluding carboxylic acids is 1. The number of benzene rings is 1. The van der Waals surface area contributed by atoms with E-state index in [0.717, 1.165) is 11.6 Å². The number of carbonyl (C=O) groups is 1. The highest BCUT2D eigenvalue weighted by Crippen LogP contribution is 2.41. The van der Waals surface area contributed by atoms with Crippen LogP contribution in [0, 0.1) is 12.7 Å². The molecule has 1 amide bonds. The third-order valence-electron chi connectivity index (χ3n) is 4.89. The van der Waals surface area contributed by atoms with Gasteiger partial charge < -0.3 is 11.1 Å². The average Bonchev–Trinajstić information content (AvgIpc) is 2.63. The van der Waals surface area contributed by atoms with Crippen molar-refractivity contribution >= 4 is 28.2 Å². The van der Waals surface area contributed by atoms with Crippen LogP contribution in [0.2, 0.25) is 0 Å². The summed E-state index contributed by atoms with van der Waals surface area (Å²) in [5, 5.41) is 3.53. The maximum Gasteiger partial charge on any atom is 0.255 e. The van der Waals surface area contributed by atoms with Gasteiger partial charge in [-0.25, -0.2) is 18.2 Å². The molecule has 0 unspecified atom stereocenters. The van der Waals surface area contributed by atoms with Gasteiger partial charge in [0.1, 0.15) is 5.82 Å². The van der Waals surface area contributed by atoms with E-state index >= 15 is 0 Å². The van der Waals surface area contributed by atoms with Gasteiger partial charge in [-0.2, -0.15) is 0 Å². The van der Waals surface area contributed by atoms with E-state index in [2.05, 4.69) is 15.3 Å². The Bertz CT molecular complexity index is 1160. The van der Waals surface area contributed by atoms with Crippen LogP contribution in [0.15, 0.2) is 48.4 Å². The van der Waals surface area contributed by atoms with Crippen molar-refractivity contribution in [3.8, 4) is 11.1 Å². The lowest BCUT2D eigenvalue weighted by Gasteiger charge is -2.28. The van der Waals surface area contributed by atoms with Crippen LogP contribution in [0.3, 0.4) is 0 Å². The molecule has 0 saturated heterocycles. The van der Waals surface area contributed by atoms with Crippen molar-refractivity contribution in [3.05, 3.63) is 59.8 Å². The number of amides is 1. The second kappa shape index (κ2) is 6.88. The van der Waals surface area contributed by atoms with Gasteiger partial charge in [0, 0.05) is 54.0 Å². The molecule has 0 radical (unpaired) electrons. The van der Waals surface area contributed by atoms with Crippen molar-refractivity contribution < 1.29 is 18.0 Å². The number of nitrogens with one attached hydrogen (secondary N) is 1. The Morgan fingerprint density at radius 3 is 2.69 bits per heavy atom. The average molecular weight is 398 g/mol. The van der Waals surface area contributed by atoms with Gasteiger partial charge in [-0.15, -0.1) is 0 Å². The quantitative estimate of drug-likeness (QED) is 0.498. The lowest BCUT2D eigenvalue weighted by atomic mass is 9.87. The van der Waals surface area contributed by atoms with Crippen molar-refractivity contribution in [2.45, 2.75) is 25.7 Å². The fourth-order valence-electron chi connectivity index (χ4n) is 3.37. The molecule has 29 heavy (non-hydrogen) atoms. The van der Waals surface area contributed by atoms with Crippen LogP contribution in [0.5, 0.6) is 0 Å². The molecule has 1 aliphatic rings. The molecule has 2 heterocycles. The van der Waals surface area contributed by atoms with Crippen LogP contribution < -0.4 is 11.1 Å². The van der Waals surface area contributed by atoms with E-state index < -0.39 is 30.5 Å². The summed E-state index contributed by atoms with van der Waals surface area (Å²) in [6, 6.07) is 4.95. The van der Waals surface area contributed by atoms with Gasteiger partial charge in [-0.1, -0.05) is 5.57 Å². The molecular weight excluding hydrogens is 381 g/mol. The molecular formula is C21H17F3N4O. The number of alkyl halides is 2. The van der Waals surface area contributed by atoms with Crippen LogP contribution in [-0.4, -0.2) is 21.8 Å². The van der Waals surface area contributed by atoms with Crippen molar-refractivity contribution in [2.75, 3.05) is 11.1 Å². The van der Waals surface area contributed by atoms with Gasteiger partial charge in [0.05, 0.1) is 5.69 Å². The zero-order chi connectivity index (χ0) is 20.8. The Labute approximate surface area is 164 Å². The SMILES string of the molecule is Cc1ccncc1-c1cc2cc(NC(=O)C=C3CC(F)(F)C3)ncc2c(N)c1F. The van der Waals surface area contributed by atoms with E-state index in [1.54, 1.807) is 30.6 Å². The van der Waals surface area contributed by atoms with E-state index in [0.29, 0.717) is 27.5 Å². The molecule has 0 aliphatic heterocycles. The topological polar surface area (TPSA) is 80.9 Å². The Morgan fingerprint density at radius 1 is 1.24 bits per heavy atom. The summed E-state index contributed by atoms with van der Waals surface area (Å²) in [4.78, 5) is 20.2. The first-order valence-corrected chi connectivity index (χ1v) is 8.90. The Morgan fingerprint density at radius 2 is 2.00 bits per heavy atom. The Balaban J connectivity index is 1.68. The maximum atomic E-state index is 14.8. The molecule has 2 aromatic heterocycles. The van der Waals surface area contributed by atoms with Crippen LogP contribution >= 0.6 is 0 Å². The third kappa shape index (κ3) is 3.65. The van der Waals surface area contributed by atoms with Crippen molar-refractivity contribution in [2.24, 2.45) is 0 Å². The normalized spacial score (nSPS) is 15.1. The van der Waals surface area contributed by atoms with E-state index in [1.807, 2.05) is 6.92 Å². The summed E-state index contributed by atoms with van der Waals surface area (Å²) >= 11 is 0. The predicted octanol–water partition coefficient (Wildman–Crippen LogP) is 4.62. The number of nitrogen functional groups attached to an aromatic ring is 1. The first-order valence-electron chi connectivity index (χ1n) is 8.90. The lowest BCUT2D eigenvalue weighted by molar-refractivity contribution is -0.112. The fraction of sp³-hybridized carbons (Fsp3) is 0.190. The predicted molar refractivity (Wildman–Crippen MR) is 105 cm³/mol. The minimum Gasteiger partial charge on any atom is -0.396 e. The third-order valence-corrected chi connectivity index (χ3v) is 4.89. The second-order valence-corrected chi connectivity index (χ2v) is 7.13. The maximum absolute atomic E-state index is 14.8. The molecule has 3 aromatic rings. The number of nitrogens with two attached hydrogens (primary N) is 1. The minimum atomic E-state index is -2.73. The van der Waals surface area contributed by atoms with Crippen molar-refractivity contribution in [1.82, 2.24) is 9.97 Å². The first-order chi connectivity index (χ1) is 13.7. The summed E-state index contributed by atoms with van der Waals surface area (Å²) in [6.45, 7) is 1.84. The van der Waals surface area contributed by atoms with Crippen LogP contribution in [0.4, 0.5) is 24.7 Å². The number of rotatable bonds is 3. The van der Waals surface area contributed by atoms with Crippen LogP contribution in [-0.2, 0) is 4.79 Å². The minimum absolute atomic E-state index is 0.0510. The molecule has 148 valence electrons. The van der Waals surface area contributed by atoms with Gasteiger partial charge in [0.2, 0.25) is 5.91 Å². The molecule has 3 N–H and O–H groups in total. The monoisotopic (exact) mass is 398 g/mol. The van der Waals surface area contributed by atoms with E-state index in [1.165, 1.54) is 6.20 Å². The largest absolute Gasteiger partial charge is 0.396 e. The van der Waals surface area contributed by atoms with Gasteiger partial charge >= 0.3 is 0 Å². The number of fused-ring (bicyclic) bond motifs is 1. The van der Waals surface area contributed by atoms with Crippen molar-refractivity contribution in [1.29, 1.82) is 0 Å². The van der Waals surface area contributed by atoms with Gasteiger partial charge in [0.15, 0.2) is 5.82 Å². The highest BCUT2D eigenvalue weighted by molar-refractivity contribution is 6.02. The number of hydrogen-bond donors (Lipinski definition) is 2. The van der Waals surface area contributed by atoms with E-state index in [-0.39, 0.29) is 11.5 Å². The molecule has 1 aliphatic carbocycles. The summed E-state index contributed by atoms with van der Waals surface area (Å²) in [7, 11) is 0. The van der Waals surface area contributed by atoms with E-state index in [4.69, 9.17) is 5.73 Å². The standard InChI is InChI=1S/C21H17F3N4O/c1-11-2-3-26-9-15(11)14-5-13-6-17(27-10-16(13)20(25)19(14)22)28-18(29)4-12-7-21(23,24)8-12/h2-6,9-10H,7-8,25H2,1H3,(H,27,28,29). The fourth-order valence-corrected chi connectivity index (χ4v) is 3.37. The highest BCUT2D eigenvalue weighted by Gasteiger charge is 2.41. The number of hydrogen-bond acceptors (Lipinski definition) is 4. The second-order valence-electron chi connectivity index (χ2n) is 7.13. The summed E-state index contributed by atoms with van der Waals surface area (Å²) in [5.74, 6) is -3.62. The molecule has 1 saturated carbocycles. The summed E-state index contributed by atoms with van der Waals surface area (Å²) in [5.41, 5.74) is 8.04. The van der Waals surface area contributed by atoms with Gasteiger partial charge in [0.25, 0.3) is 5.92 Å². The number of pyridine rings is 2. The summed E-state index contributed by atoms with van der Waals surface area (Å²) in [6.07, 6.45) is 4.89. The molecule has 1 aromatic carbocycles. The van der Waals surface area contributed by atoms with Crippen LogP contribution in [0.25, 0.3) is 21.9 Å². The molecule has 8 heteroatoms. The number of aromatic nitrogens is 2. The van der Waals surface area contributed by atoms with E-state index in [9.17, 15) is 18.0 Å². The first kappa shape index (κ1) is 18.9. The molecule has 0 spiro atoms.